The van der Waals surface area contributed by atoms with Crippen molar-refractivity contribution in [2.24, 2.45) is 0 Å². The van der Waals surface area contributed by atoms with Gasteiger partial charge in [-0.2, -0.15) is 0 Å². The van der Waals surface area contributed by atoms with Crippen LogP contribution >= 0.6 is 0 Å². The van der Waals surface area contributed by atoms with Crippen LogP contribution in [0.5, 0.6) is 0 Å². The number of rotatable bonds is 3. The van der Waals surface area contributed by atoms with Crippen molar-refractivity contribution in [1.82, 2.24) is 15.0 Å². The summed E-state index contributed by atoms with van der Waals surface area (Å²) in [4.78, 5) is 13.3. The summed E-state index contributed by atoms with van der Waals surface area (Å²) >= 11 is 0. The standard InChI is InChI=1S/C20H13F2N3/c21-16-7-4-8-17(22)15(16)11-14-6-3-10-19(24-14)20-23-12-13-5-1-2-9-18(13)25-20/h1-10,12H,11H2. The number of benzene rings is 2. The lowest BCUT2D eigenvalue weighted by Crippen LogP contribution is -2.01. The maximum absolute atomic E-state index is 13.8. The van der Waals surface area contributed by atoms with Crippen LogP contribution in [0.4, 0.5) is 8.78 Å². The highest BCUT2D eigenvalue weighted by atomic mass is 19.1. The Bertz CT molecular complexity index is 1040. The molecule has 0 aliphatic rings. The third-order valence-corrected chi connectivity index (χ3v) is 3.94. The molecule has 0 fully saturated rings. The van der Waals surface area contributed by atoms with Gasteiger partial charge < -0.3 is 0 Å². The molecular formula is C20H13F2N3. The number of aromatic nitrogens is 3. The molecule has 0 radical (unpaired) electrons. The summed E-state index contributed by atoms with van der Waals surface area (Å²) < 4.78 is 27.7. The Labute approximate surface area is 143 Å². The number of fused-ring (bicyclic) bond motifs is 1. The quantitative estimate of drug-likeness (QED) is 0.552. The fourth-order valence-corrected chi connectivity index (χ4v) is 2.68. The molecule has 4 aromatic rings. The van der Waals surface area contributed by atoms with Crippen LogP contribution in [0.1, 0.15) is 11.3 Å². The second-order valence-corrected chi connectivity index (χ2v) is 5.64. The number of hydrogen-bond acceptors (Lipinski definition) is 3. The van der Waals surface area contributed by atoms with Crippen molar-refractivity contribution in [1.29, 1.82) is 0 Å². The van der Waals surface area contributed by atoms with E-state index in [2.05, 4.69) is 15.0 Å². The van der Waals surface area contributed by atoms with Crippen LogP contribution in [0.2, 0.25) is 0 Å². The molecule has 122 valence electrons. The molecule has 0 N–H and O–H groups in total. The molecule has 0 spiro atoms. The first kappa shape index (κ1) is 15.3. The minimum Gasteiger partial charge on any atom is -0.249 e. The molecule has 5 heteroatoms. The van der Waals surface area contributed by atoms with E-state index in [1.807, 2.05) is 24.3 Å². The average Bonchev–Trinajstić information content (AvgIpc) is 2.65. The maximum atomic E-state index is 13.8. The van der Waals surface area contributed by atoms with Gasteiger partial charge in [0.25, 0.3) is 0 Å². The van der Waals surface area contributed by atoms with E-state index in [1.54, 1.807) is 24.4 Å². The summed E-state index contributed by atoms with van der Waals surface area (Å²) in [5.41, 5.74) is 1.95. The van der Waals surface area contributed by atoms with Gasteiger partial charge in [0, 0.05) is 29.3 Å². The number of hydrogen-bond donors (Lipinski definition) is 0. The Kier molecular flexibility index (Phi) is 3.90. The van der Waals surface area contributed by atoms with Crippen LogP contribution in [-0.2, 0) is 6.42 Å². The summed E-state index contributed by atoms with van der Waals surface area (Å²) in [5, 5.41) is 0.941. The van der Waals surface area contributed by atoms with Crippen LogP contribution in [0.15, 0.2) is 66.9 Å². The van der Waals surface area contributed by atoms with Crippen LogP contribution in [-0.4, -0.2) is 15.0 Å². The predicted molar refractivity (Wildman–Crippen MR) is 91.9 cm³/mol. The Morgan fingerprint density at radius 3 is 2.36 bits per heavy atom. The van der Waals surface area contributed by atoms with E-state index in [0.717, 1.165) is 10.9 Å². The van der Waals surface area contributed by atoms with Crippen LogP contribution in [0.25, 0.3) is 22.4 Å². The van der Waals surface area contributed by atoms with Gasteiger partial charge in [-0.15, -0.1) is 0 Å². The van der Waals surface area contributed by atoms with E-state index in [0.29, 0.717) is 17.2 Å². The number of para-hydroxylation sites is 1. The zero-order valence-corrected chi connectivity index (χ0v) is 13.2. The Morgan fingerprint density at radius 2 is 1.52 bits per heavy atom. The predicted octanol–water partition coefficient (Wildman–Crippen LogP) is 4.56. The zero-order chi connectivity index (χ0) is 17.2. The van der Waals surface area contributed by atoms with E-state index >= 15 is 0 Å². The number of nitrogens with zero attached hydrogens (tertiary/aromatic N) is 3. The molecule has 0 aliphatic carbocycles. The molecule has 0 saturated carbocycles. The van der Waals surface area contributed by atoms with E-state index in [-0.39, 0.29) is 12.0 Å². The lowest BCUT2D eigenvalue weighted by Gasteiger charge is -2.07. The van der Waals surface area contributed by atoms with Gasteiger partial charge in [-0.25, -0.2) is 23.7 Å². The third-order valence-electron chi connectivity index (χ3n) is 3.94. The molecule has 2 heterocycles. The van der Waals surface area contributed by atoms with Crippen molar-refractivity contribution in [3.8, 4) is 11.5 Å². The minimum absolute atomic E-state index is 0.00609. The van der Waals surface area contributed by atoms with Gasteiger partial charge in [-0.3, -0.25) is 0 Å². The van der Waals surface area contributed by atoms with Crippen molar-refractivity contribution in [2.45, 2.75) is 6.42 Å². The Morgan fingerprint density at radius 1 is 0.760 bits per heavy atom. The first-order valence-corrected chi connectivity index (χ1v) is 7.82. The van der Waals surface area contributed by atoms with Crippen molar-refractivity contribution in [2.75, 3.05) is 0 Å². The smallest absolute Gasteiger partial charge is 0.178 e. The van der Waals surface area contributed by atoms with Crippen molar-refractivity contribution >= 4 is 10.9 Å². The second-order valence-electron chi connectivity index (χ2n) is 5.64. The summed E-state index contributed by atoms with van der Waals surface area (Å²) in [7, 11) is 0. The minimum atomic E-state index is -0.575. The molecule has 0 saturated heterocycles. The molecule has 2 aromatic heterocycles. The summed E-state index contributed by atoms with van der Waals surface area (Å²) in [6, 6.07) is 16.8. The lowest BCUT2D eigenvalue weighted by atomic mass is 10.1. The van der Waals surface area contributed by atoms with Gasteiger partial charge in [-0.05, 0) is 30.3 Å². The summed E-state index contributed by atoms with van der Waals surface area (Å²) in [5.74, 6) is -0.669. The van der Waals surface area contributed by atoms with Gasteiger partial charge in [-0.1, -0.05) is 30.3 Å². The van der Waals surface area contributed by atoms with Gasteiger partial charge >= 0.3 is 0 Å². The number of halogens is 2. The van der Waals surface area contributed by atoms with Gasteiger partial charge in [0.05, 0.1) is 5.52 Å². The molecule has 3 nitrogen and oxygen atoms in total. The van der Waals surface area contributed by atoms with E-state index in [4.69, 9.17) is 0 Å². The Balaban J connectivity index is 1.71. The normalized spacial score (nSPS) is 11.0. The van der Waals surface area contributed by atoms with Crippen molar-refractivity contribution in [3.05, 3.63) is 89.8 Å². The maximum Gasteiger partial charge on any atom is 0.178 e. The third kappa shape index (κ3) is 3.08. The molecule has 0 unspecified atom stereocenters. The Hall–Kier alpha value is -3.21. The molecule has 4 rings (SSSR count). The monoisotopic (exact) mass is 333 g/mol. The van der Waals surface area contributed by atoms with E-state index in [1.165, 1.54) is 18.2 Å². The molecule has 0 amide bonds. The van der Waals surface area contributed by atoms with Crippen LogP contribution < -0.4 is 0 Å². The lowest BCUT2D eigenvalue weighted by molar-refractivity contribution is 0.560. The van der Waals surface area contributed by atoms with E-state index < -0.39 is 11.6 Å². The summed E-state index contributed by atoms with van der Waals surface area (Å²) in [6.45, 7) is 0. The first-order valence-electron chi connectivity index (χ1n) is 7.82. The largest absolute Gasteiger partial charge is 0.249 e. The van der Waals surface area contributed by atoms with Gasteiger partial charge in [0.2, 0.25) is 0 Å². The molecule has 0 bridgehead atoms. The van der Waals surface area contributed by atoms with Crippen LogP contribution in [0.3, 0.4) is 0 Å². The SMILES string of the molecule is Fc1cccc(F)c1Cc1cccc(-c2ncc3ccccc3n2)n1. The van der Waals surface area contributed by atoms with Crippen molar-refractivity contribution in [3.63, 3.8) is 0 Å². The highest BCUT2D eigenvalue weighted by Crippen LogP contribution is 2.20. The van der Waals surface area contributed by atoms with Crippen LogP contribution in [0, 0.1) is 11.6 Å². The highest BCUT2D eigenvalue weighted by Gasteiger charge is 2.11. The average molecular weight is 333 g/mol. The number of pyridine rings is 1. The molecule has 0 atom stereocenters. The van der Waals surface area contributed by atoms with E-state index in [9.17, 15) is 8.78 Å². The molecular weight excluding hydrogens is 320 g/mol. The van der Waals surface area contributed by atoms with Crippen molar-refractivity contribution < 1.29 is 8.78 Å². The van der Waals surface area contributed by atoms with Gasteiger partial charge in [0.15, 0.2) is 5.82 Å². The topological polar surface area (TPSA) is 38.7 Å². The molecule has 25 heavy (non-hydrogen) atoms. The first-order chi connectivity index (χ1) is 12.2. The summed E-state index contributed by atoms with van der Waals surface area (Å²) in [6.07, 6.45) is 1.81. The fraction of sp³-hybridized carbons (Fsp3) is 0.0500. The zero-order valence-electron chi connectivity index (χ0n) is 13.2. The fourth-order valence-electron chi connectivity index (χ4n) is 2.68. The molecule has 0 aliphatic heterocycles. The molecule has 2 aromatic carbocycles. The second kappa shape index (κ2) is 6.36. The highest BCUT2D eigenvalue weighted by molar-refractivity contribution is 5.79. The van der Waals surface area contributed by atoms with Gasteiger partial charge in [0.1, 0.15) is 17.3 Å².